The Labute approximate surface area is 174 Å². The molecule has 1 aromatic carbocycles. The van der Waals surface area contributed by atoms with Crippen LogP contribution in [0.2, 0.25) is 0 Å². The number of carbonyl (C=O) groups excluding carboxylic acids is 2. The van der Waals surface area contributed by atoms with E-state index >= 15 is 0 Å². The Morgan fingerprint density at radius 1 is 1.07 bits per heavy atom. The summed E-state index contributed by atoms with van der Waals surface area (Å²) in [4.78, 5) is 30.5. The molecule has 5 heteroatoms. The normalized spacial score (nSPS) is 20.3. The van der Waals surface area contributed by atoms with Crippen LogP contribution in [0.15, 0.2) is 47.1 Å². The third kappa shape index (κ3) is 3.45. The first-order valence-electron chi connectivity index (χ1n) is 10.6. The minimum absolute atomic E-state index is 0.0280. The Hall–Kier alpha value is -3.21. The summed E-state index contributed by atoms with van der Waals surface area (Å²) in [7, 11) is 0. The lowest BCUT2D eigenvalue weighted by Crippen LogP contribution is -2.30. The molecule has 1 saturated carbocycles. The van der Waals surface area contributed by atoms with Gasteiger partial charge in [0.25, 0.3) is 0 Å². The quantitative estimate of drug-likeness (QED) is 0.552. The van der Waals surface area contributed by atoms with Gasteiger partial charge in [0.05, 0.1) is 23.0 Å². The molecule has 0 amide bonds. The van der Waals surface area contributed by atoms with Gasteiger partial charge in [-0.15, -0.1) is 0 Å². The van der Waals surface area contributed by atoms with Crippen LogP contribution in [-0.4, -0.2) is 22.8 Å². The van der Waals surface area contributed by atoms with Crippen LogP contribution in [0.4, 0.5) is 0 Å². The Morgan fingerprint density at radius 2 is 1.97 bits per heavy atom. The minimum atomic E-state index is -0.629. The van der Waals surface area contributed by atoms with Crippen LogP contribution in [-0.2, 0) is 16.0 Å². The predicted octanol–water partition coefficient (Wildman–Crippen LogP) is 5.37. The van der Waals surface area contributed by atoms with Crippen LogP contribution in [0, 0.1) is 0 Å². The van der Waals surface area contributed by atoms with E-state index in [0.717, 1.165) is 65.6 Å². The lowest BCUT2D eigenvalue weighted by Gasteiger charge is -2.24. The number of aromatic nitrogens is 1. The molecule has 0 spiro atoms. The van der Waals surface area contributed by atoms with Crippen molar-refractivity contribution in [3.63, 3.8) is 0 Å². The van der Waals surface area contributed by atoms with E-state index in [1.54, 1.807) is 6.26 Å². The number of hydrogen-bond acceptors (Lipinski definition) is 5. The Kier molecular flexibility index (Phi) is 4.95. The summed E-state index contributed by atoms with van der Waals surface area (Å²) in [5.74, 6) is 0.384. The van der Waals surface area contributed by atoms with Gasteiger partial charge in [0.2, 0.25) is 0 Å². The van der Waals surface area contributed by atoms with Crippen LogP contribution < -0.4 is 0 Å². The molecule has 1 fully saturated rings. The highest BCUT2D eigenvalue weighted by Crippen LogP contribution is 2.36. The number of nitrogens with zero attached hydrogens (tertiary/aromatic N) is 1. The molecule has 0 radical (unpaired) electrons. The monoisotopic (exact) mass is 401 g/mol. The summed E-state index contributed by atoms with van der Waals surface area (Å²) >= 11 is 0. The third-order valence-corrected chi connectivity index (χ3v) is 5.98. The van der Waals surface area contributed by atoms with Crippen molar-refractivity contribution >= 4 is 34.3 Å². The van der Waals surface area contributed by atoms with E-state index in [-0.39, 0.29) is 5.78 Å². The average Bonchev–Trinajstić information content (AvgIpc) is 3.27. The first-order valence-corrected chi connectivity index (χ1v) is 10.6. The second-order valence-electron chi connectivity index (χ2n) is 7.98. The number of esters is 1. The van der Waals surface area contributed by atoms with E-state index in [1.807, 2.05) is 42.5 Å². The molecule has 5 nitrogen and oxygen atoms in total. The number of ether oxygens (including phenoxy) is 1. The van der Waals surface area contributed by atoms with Gasteiger partial charge >= 0.3 is 5.97 Å². The van der Waals surface area contributed by atoms with Crippen molar-refractivity contribution < 1.29 is 18.7 Å². The van der Waals surface area contributed by atoms with Crippen molar-refractivity contribution in [2.24, 2.45) is 0 Å². The van der Waals surface area contributed by atoms with E-state index < -0.39 is 12.1 Å². The molecule has 0 bridgehead atoms. The van der Waals surface area contributed by atoms with Crippen molar-refractivity contribution in [3.05, 3.63) is 65.2 Å². The number of fused-ring (bicyclic) bond motifs is 2. The Morgan fingerprint density at radius 3 is 2.80 bits per heavy atom. The fourth-order valence-electron chi connectivity index (χ4n) is 4.52. The molecule has 0 N–H and O–H groups in total. The molecule has 2 aromatic heterocycles. The number of pyridine rings is 1. The molecule has 0 saturated heterocycles. The maximum absolute atomic E-state index is 13.3. The highest BCUT2D eigenvalue weighted by molar-refractivity contribution is 6.07. The second-order valence-corrected chi connectivity index (χ2v) is 7.98. The molecule has 1 atom stereocenters. The zero-order valence-electron chi connectivity index (χ0n) is 16.7. The summed E-state index contributed by atoms with van der Waals surface area (Å²) in [5, 5.41) is 0.781. The highest BCUT2D eigenvalue weighted by Gasteiger charge is 2.30. The van der Waals surface area contributed by atoms with E-state index in [1.165, 1.54) is 0 Å². The van der Waals surface area contributed by atoms with Crippen LogP contribution in [0.1, 0.15) is 65.9 Å². The first kappa shape index (κ1) is 18.8. The maximum Gasteiger partial charge on any atom is 0.339 e. The van der Waals surface area contributed by atoms with E-state index in [2.05, 4.69) is 0 Å². The third-order valence-electron chi connectivity index (χ3n) is 5.98. The molecule has 0 unspecified atom stereocenters. The molecule has 152 valence electrons. The smallest absolute Gasteiger partial charge is 0.339 e. The fourth-order valence-corrected chi connectivity index (χ4v) is 4.52. The number of rotatable bonds is 3. The number of furan rings is 1. The topological polar surface area (TPSA) is 69.4 Å². The highest BCUT2D eigenvalue weighted by atomic mass is 16.5. The maximum atomic E-state index is 13.3. The molecule has 0 aliphatic heterocycles. The molecule has 2 heterocycles. The number of Topliss-reactive ketones (excluding diaryl/α,β-unsaturated/α-hetero) is 1. The van der Waals surface area contributed by atoms with Crippen molar-refractivity contribution in [2.45, 2.75) is 51.0 Å². The van der Waals surface area contributed by atoms with Crippen molar-refractivity contribution in [1.82, 2.24) is 4.98 Å². The molecule has 2 aliphatic carbocycles. The molecule has 3 aromatic rings. The number of ketones is 1. The van der Waals surface area contributed by atoms with Gasteiger partial charge in [-0.2, -0.15) is 0 Å². The number of allylic oxidation sites excluding steroid dienone is 1. The number of benzene rings is 1. The Balaban J connectivity index is 1.62. The summed E-state index contributed by atoms with van der Waals surface area (Å²) < 4.78 is 11.2. The lowest BCUT2D eigenvalue weighted by atomic mass is 9.86. The molecular weight excluding hydrogens is 378 g/mol. The van der Waals surface area contributed by atoms with Gasteiger partial charge in [-0.05, 0) is 73.9 Å². The molecule has 2 aliphatic rings. The lowest BCUT2D eigenvalue weighted by molar-refractivity contribution is -0.129. The summed E-state index contributed by atoms with van der Waals surface area (Å²) in [6, 6.07) is 11.4. The van der Waals surface area contributed by atoms with Gasteiger partial charge in [0, 0.05) is 11.8 Å². The molecular formula is C25H23NO4. The summed E-state index contributed by atoms with van der Waals surface area (Å²) in [6.45, 7) is 0. The van der Waals surface area contributed by atoms with Crippen molar-refractivity contribution in [3.8, 4) is 0 Å². The zero-order chi connectivity index (χ0) is 20.5. The van der Waals surface area contributed by atoms with Gasteiger partial charge in [-0.1, -0.05) is 18.2 Å². The molecule has 5 rings (SSSR count). The van der Waals surface area contributed by atoms with E-state index in [0.29, 0.717) is 18.4 Å². The van der Waals surface area contributed by atoms with E-state index in [9.17, 15) is 9.59 Å². The Bertz CT molecular complexity index is 1140. The van der Waals surface area contributed by atoms with Gasteiger partial charge in [-0.3, -0.25) is 4.79 Å². The summed E-state index contributed by atoms with van der Waals surface area (Å²) in [6.07, 6.45) is 8.45. The zero-order valence-corrected chi connectivity index (χ0v) is 16.7. The SMILES string of the molecule is O=C(O[C@H]1CCCCC1=O)c1c2c(nc3ccccc13)/C(=C\c1ccco1)CCC2. The minimum Gasteiger partial charge on any atom is -0.465 e. The van der Waals surface area contributed by atoms with E-state index in [4.69, 9.17) is 14.1 Å². The summed E-state index contributed by atoms with van der Waals surface area (Å²) in [5.41, 5.74) is 4.11. The number of carbonyl (C=O) groups is 2. The predicted molar refractivity (Wildman–Crippen MR) is 114 cm³/mol. The number of hydrogen-bond donors (Lipinski definition) is 0. The number of para-hydroxylation sites is 1. The van der Waals surface area contributed by atoms with Gasteiger partial charge in [-0.25, -0.2) is 9.78 Å². The van der Waals surface area contributed by atoms with Gasteiger partial charge < -0.3 is 9.15 Å². The standard InChI is InChI=1S/C25H23NO4/c27-21-12-3-4-13-22(21)30-25(28)23-18-9-1-2-11-20(18)26-24-16(7-5-10-19(23)24)15-17-8-6-14-29-17/h1-2,6,8-9,11,14-15,22H,3-5,7,10,12-13H2/b16-15-/t22-/m0/s1. The van der Waals surface area contributed by atoms with Crippen LogP contribution in [0.25, 0.3) is 22.6 Å². The van der Waals surface area contributed by atoms with Crippen LogP contribution in [0.3, 0.4) is 0 Å². The van der Waals surface area contributed by atoms with Crippen LogP contribution in [0.5, 0.6) is 0 Å². The van der Waals surface area contributed by atoms with Crippen LogP contribution >= 0.6 is 0 Å². The largest absolute Gasteiger partial charge is 0.465 e. The van der Waals surface area contributed by atoms with Crippen molar-refractivity contribution in [2.75, 3.05) is 0 Å². The van der Waals surface area contributed by atoms with Crippen molar-refractivity contribution in [1.29, 1.82) is 0 Å². The second kappa shape index (κ2) is 7.90. The van der Waals surface area contributed by atoms with Gasteiger partial charge in [0.15, 0.2) is 11.9 Å². The van der Waals surface area contributed by atoms with Gasteiger partial charge in [0.1, 0.15) is 5.76 Å². The first-order chi connectivity index (χ1) is 14.7. The fraction of sp³-hybridized carbons (Fsp3) is 0.320. The molecule has 30 heavy (non-hydrogen) atoms. The average molecular weight is 401 g/mol.